The maximum atomic E-state index is 12.7. The number of benzene rings is 2. The van der Waals surface area contributed by atoms with Crippen molar-refractivity contribution < 1.29 is 28.8 Å². The van der Waals surface area contributed by atoms with Crippen LogP contribution in [0, 0.1) is 10.1 Å². The summed E-state index contributed by atoms with van der Waals surface area (Å²) in [4.78, 5) is 51.7. The lowest BCUT2D eigenvalue weighted by atomic mass is 10.1. The van der Waals surface area contributed by atoms with E-state index >= 15 is 0 Å². The highest BCUT2D eigenvalue weighted by molar-refractivity contribution is 5.98. The number of nitrogens with zero attached hydrogens (tertiary/aromatic N) is 3. The lowest BCUT2D eigenvalue weighted by Gasteiger charge is -2.30. The fourth-order valence-electron chi connectivity index (χ4n) is 3.74. The normalized spacial score (nSPS) is 13.0. The third-order valence-corrected chi connectivity index (χ3v) is 5.67. The van der Waals surface area contributed by atoms with Gasteiger partial charge in [0.15, 0.2) is 6.61 Å². The van der Waals surface area contributed by atoms with Gasteiger partial charge in [-0.1, -0.05) is 0 Å². The van der Waals surface area contributed by atoms with Gasteiger partial charge in [0.25, 0.3) is 17.5 Å². The molecule has 2 amide bonds. The van der Waals surface area contributed by atoms with Gasteiger partial charge in [-0.15, -0.1) is 0 Å². The van der Waals surface area contributed by atoms with Gasteiger partial charge in [-0.25, -0.2) is 4.79 Å². The highest BCUT2D eigenvalue weighted by Crippen LogP contribution is 2.27. The molecule has 0 bridgehead atoms. The summed E-state index contributed by atoms with van der Waals surface area (Å²) < 4.78 is 10.4. The van der Waals surface area contributed by atoms with E-state index in [0.29, 0.717) is 37.6 Å². The molecule has 0 aliphatic carbocycles. The van der Waals surface area contributed by atoms with Crippen molar-refractivity contribution in [2.75, 3.05) is 55.8 Å². The number of hydrazine groups is 1. The average Bonchev–Trinajstić information content (AvgIpc) is 2.91. The van der Waals surface area contributed by atoms with Crippen molar-refractivity contribution in [3.05, 3.63) is 63.7 Å². The van der Waals surface area contributed by atoms with Gasteiger partial charge in [0.05, 0.1) is 29.4 Å². The number of nitro benzene ring substituents is 1. The first kappa shape index (κ1) is 26.4. The molecule has 1 heterocycles. The molecule has 1 saturated heterocycles. The van der Waals surface area contributed by atoms with Crippen molar-refractivity contribution in [3.8, 4) is 0 Å². The van der Waals surface area contributed by atoms with Crippen LogP contribution in [-0.4, -0.2) is 68.7 Å². The molecule has 0 radical (unpaired) electrons. The summed E-state index contributed by atoms with van der Waals surface area (Å²) in [6.07, 6.45) is 0. The predicted molar refractivity (Wildman–Crippen MR) is 132 cm³/mol. The number of rotatable bonds is 9. The molecule has 0 spiro atoms. The van der Waals surface area contributed by atoms with Crippen LogP contribution in [0.15, 0.2) is 42.5 Å². The Morgan fingerprint density at radius 1 is 1.06 bits per heavy atom. The van der Waals surface area contributed by atoms with E-state index in [0.717, 1.165) is 24.8 Å². The number of carbonyl (C=O) groups is 3. The number of anilines is 2. The molecule has 3 rings (SSSR count). The Kier molecular flexibility index (Phi) is 9.17. The summed E-state index contributed by atoms with van der Waals surface area (Å²) in [6.45, 7) is 6.95. The summed E-state index contributed by atoms with van der Waals surface area (Å²) in [5, 5.41) is 11.2. The van der Waals surface area contributed by atoms with Crippen molar-refractivity contribution >= 4 is 34.8 Å². The predicted octanol–water partition coefficient (Wildman–Crippen LogP) is 1.90. The molecule has 0 saturated carbocycles. The van der Waals surface area contributed by atoms with Gasteiger partial charge in [-0.2, -0.15) is 0 Å². The third kappa shape index (κ3) is 6.69. The third-order valence-electron chi connectivity index (χ3n) is 5.67. The zero-order valence-corrected chi connectivity index (χ0v) is 20.2. The molecule has 1 fully saturated rings. The number of nitrogens with one attached hydrogen (secondary N) is 2. The van der Waals surface area contributed by atoms with Crippen LogP contribution in [0.1, 0.15) is 34.6 Å². The molecule has 12 nitrogen and oxygen atoms in total. The maximum absolute atomic E-state index is 12.7. The Labute approximate surface area is 208 Å². The van der Waals surface area contributed by atoms with Crippen LogP contribution in [-0.2, 0) is 14.3 Å². The van der Waals surface area contributed by atoms with Crippen molar-refractivity contribution in [1.29, 1.82) is 0 Å². The fourth-order valence-corrected chi connectivity index (χ4v) is 3.74. The Morgan fingerprint density at radius 2 is 1.72 bits per heavy atom. The Morgan fingerprint density at radius 3 is 2.33 bits per heavy atom. The molecule has 2 N–H and O–H groups in total. The molecule has 36 heavy (non-hydrogen) atoms. The van der Waals surface area contributed by atoms with Crippen LogP contribution >= 0.6 is 0 Å². The molecule has 0 atom stereocenters. The highest BCUT2D eigenvalue weighted by atomic mass is 16.6. The smallest absolute Gasteiger partial charge is 0.341 e. The van der Waals surface area contributed by atoms with E-state index in [2.05, 4.69) is 15.8 Å². The monoisotopic (exact) mass is 499 g/mol. The summed E-state index contributed by atoms with van der Waals surface area (Å²) in [5.41, 5.74) is 5.93. The van der Waals surface area contributed by atoms with Crippen molar-refractivity contribution in [2.24, 2.45) is 0 Å². The summed E-state index contributed by atoms with van der Waals surface area (Å²) >= 11 is 0. The Hall–Kier alpha value is -4.19. The fraction of sp³-hybridized carbons (Fsp3) is 0.375. The van der Waals surface area contributed by atoms with E-state index in [9.17, 15) is 24.5 Å². The van der Waals surface area contributed by atoms with E-state index < -0.39 is 29.3 Å². The number of amides is 2. The number of esters is 1. The summed E-state index contributed by atoms with van der Waals surface area (Å²) in [7, 11) is 0. The van der Waals surface area contributed by atoms with Crippen LogP contribution in [0.3, 0.4) is 0 Å². The Bertz CT molecular complexity index is 1100. The molecule has 0 aromatic heterocycles. The van der Waals surface area contributed by atoms with Gasteiger partial charge < -0.3 is 19.3 Å². The quantitative estimate of drug-likeness (QED) is 0.300. The lowest BCUT2D eigenvalue weighted by molar-refractivity contribution is -0.384. The van der Waals surface area contributed by atoms with E-state index in [-0.39, 0.29) is 11.3 Å². The van der Waals surface area contributed by atoms with Crippen molar-refractivity contribution in [2.45, 2.75) is 13.8 Å². The van der Waals surface area contributed by atoms with Crippen LogP contribution < -0.4 is 20.7 Å². The number of non-ortho nitro benzene ring substituents is 1. The van der Waals surface area contributed by atoms with E-state index in [1.54, 1.807) is 12.1 Å². The topological polar surface area (TPSA) is 143 Å². The molecule has 2 aromatic rings. The second-order valence-electron chi connectivity index (χ2n) is 7.86. The van der Waals surface area contributed by atoms with Gasteiger partial charge in [-0.05, 0) is 44.2 Å². The minimum absolute atomic E-state index is 0.0313. The summed E-state index contributed by atoms with van der Waals surface area (Å²) in [5.74, 6) is -2.20. The Balaban J connectivity index is 1.57. The average molecular weight is 500 g/mol. The molecule has 192 valence electrons. The molecule has 12 heteroatoms. The van der Waals surface area contributed by atoms with Gasteiger partial charge in [-0.3, -0.25) is 30.6 Å². The van der Waals surface area contributed by atoms with Gasteiger partial charge >= 0.3 is 5.97 Å². The highest BCUT2D eigenvalue weighted by Gasteiger charge is 2.23. The minimum atomic E-state index is -0.895. The number of morpholine rings is 1. The number of hydrogen-bond acceptors (Lipinski definition) is 9. The van der Waals surface area contributed by atoms with Crippen molar-refractivity contribution in [1.82, 2.24) is 10.9 Å². The lowest BCUT2D eigenvalue weighted by Crippen LogP contribution is -2.43. The van der Waals surface area contributed by atoms with Gasteiger partial charge in [0, 0.05) is 49.6 Å². The van der Waals surface area contributed by atoms with E-state index in [1.165, 1.54) is 12.1 Å². The van der Waals surface area contributed by atoms with Crippen LogP contribution in [0.25, 0.3) is 0 Å². The minimum Gasteiger partial charge on any atom is -0.452 e. The molecule has 0 unspecified atom stereocenters. The van der Waals surface area contributed by atoms with E-state index in [4.69, 9.17) is 9.47 Å². The molecular weight excluding hydrogens is 470 g/mol. The number of ether oxygens (including phenoxy) is 2. The SMILES string of the molecule is CCN(CC)c1ccc(C(=O)NNC(=O)COC(=O)c2cc([N+](=O)[O-])ccc2N2CCOCC2)cc1. The number of carbonyl (C=O) groups excluding carboxylic acids is 3. The first-order valence-electron chi connectivity index (χ1n) is 11.6. The van der Waals surface area contributed by atoms with Gasteiger partial charge in [0.1, 0.15) is 0 Å². The first-order valence-corrected chi connectivity index (χ1v) is 11.6. The first-order chi connectivity index (χ1) is 17.3. The van der Waals surface area contributed by atoms with Crippen LogP contribution in [0.2, 0.25) is 0 Å². The van der Waals surface area contributed by atoms with Gasteiger partial charge in [0.2, 0.25) is 0 Å². The number of hydrogen-bond donors (Lipinski definition) is 2. The van der Waals surface area contributed by atoms with Crippen LogP contribution in [0.4, 0.5) is 17.1 Å². The number of nitro groups is 1. The maximum Gasteiger partial charge on any atom is 0.341 e. The van der Waals surface area contributed by atoms with E-state index in [1.807, 2.05) is 30.9 Å². The molecular formula is C24H29N5O7. The zero-order valence-electron chi connectivity index (χ0n) is 20.2. The largest absolute Gasteiger partial charge is 0.452 e. The second-order valence-corrected chi connectivity index (χ2v) is 7.86. The van der Waals surface area contributed by atoms with Crippen LogP contribution in [0.5, 0.6) is 0 Å². The standard InChI is InChI=1S/C24H29N5O7/c1-3-27(4-2)18-7-5-17(6-8-18)23(31)26-25-22(30)16-36-24(32)20-15-19(29(33)34)9-10-21(20)28-11-13-35-14-12-28/h5-10,15H,3-4,11-14,16H2,1-2H3,(H,25,30)(H,26,31). The summed E-state index contributed by atoms with van der Waals surface area (Å²) in [6, 6.07) is 10.8. The second kappa shape index (κ2) is 12.5. The zero-order chi connectivity index (χ0) is 26.1. The van der Waals surface area contributed by atoms with Crippen molar-refractivity contribution in [3.63, 3.8) is 0 Å². The molecule has 1 aliphatic rings. The molecule has 2 aromatic carbocycles. The molecule has 1 aliphatic heterocycles.